The van der Waals surface area contributed by atoms with Crippen molar-refractivity contribution in [1.29, 1.82) is 0 Å². The normalized spacial score (nSPS) is 28.4. The summed E-state index contributed by atoms with van der Waals surface area (Å²) in [6, 6.07) is 7.13. The Bertz CT molecular complexity index is 668. The van der Waals surface area contributed by atoms with Crippen LogP contribution < -0.4 is 0 Å². The third-order valence-electron chi connectivity index (χ3n) is 10.5. The van der Waals surface area contributed by atoms with Crippen molar-refractivity contribution >= 4 is 16.6 Å². The quantitative estimate of drug-likeness (QED) is 0.127. The molecule has 0 amide bonds. The van der Waals surface area contributed by atoms with E-state index >= 15 is 0 Å². The van der Waals surface area contributed by atoms with Crippen molar-refractivity contribution in [3.05, 3.63) is 12.2 Å². The highest BCUT2D eigenvalue weighted by molar-refractivity contribution is 6.74. The van der Waals surface area contributed by atoms with Crippen LogP contribution in [0.5, 0.6) is 0 Å². The molecule has 39 heavy (non-hydrogen) atoms. The monoisotopic (exact) mass is 582 g/mol. The molecule has 7 heteroatoms. The molecule has 228 valence electrons. The van der Waals surface area contributed by atoms with Crippen molar-refractivity contribution in [2.75, 3.05) is 19.8 Å². The predicted octanol–water partition coefficient (Wildman–Crippen LogP) is 8.85. The molecule has 5 nitrogen and oxygen atoms in total. The minimum atomic E-state index is -1.73. The zero-order valence-electron chi connectivity index (χ0n) is 26.4. The van der Waals surface area contributed by atoms with Gasteiger partial charge in [0.1, 0.15) is 0 Å². The number of hydrogen-bond donors (Lipinski definition) is 0. The summed E-state index contributed by atoms with van der Waals surface area (Å²) in [6.07, 6.45) is 15.9. The van der Waals surface area contributed by atoms with Gasteiger partial charge in [-0.25, -0.2) is 0 Å². The summed E-state index contributed by atoms with van der Waals surface area (Å²) in [4.78, 5) is 0. The highest BCUT2D eigenvalue weighted by atomic mass is 28.4. The zero-order valence-corrected chi connectivity index (χ0v) is 28.4. The van der Waals surface area contributed by atoms with E-state index in [0.717, 1.165) is 32.5 Å². The van der Waals surface area contributed by atoms with Crippen LogP contribution in [0.2, 0.25) is 36.3 Å². The molecule has 1 aliphatic carbocycles. The molecule has 2 saturated heterocycles. The van der Waals surface area contributed by atoms with Crippen LogP contribution in [-0.2, 0) is 23.1 Å². The maximum absolute atomic E-state index is 7.08. The number of hydrogen-bond acceptors (Lipinski definition) is 5. The fourth-order valence-corrected chi connectivity index (χ4v) is 12.7. The molecule has 0 spiro atoms. The largest absolute Gasteiger partial charge is 0.417 e. The van der Waals surface area contributed by atoms with E-state index in [0.29, 0.717) is 18.4 Å². The summed E-state index contributed by atoms with van der Waals surface area (Å²) < 4.78 is 33.0. The van der Waals surface area contributed by atoms with Gasteiger partial charge < -0.3 is 23.1 Å². The molecule has 0 bridgehead atoms. The average Bonchev–Trinajstić information content (AvgIpc) is 3.38. The highest BCUT2D eigenvalue weighted by Crippen LogP contribution is 2.36. The van der Waals surface area contributed by atoms with Gasteiger partial charge in [-0.1, -0.05) is 73.0 Å². The van der Waals surface area contributed by atoms with Gasteiger partial charge in [-0.05, 0) is 80.7 Å². The molecule has 0 aromatic heterocycles. The number of ether oxygens (including phenoxy) is 3. The van der Waals surface area contributed by atoms with Gasteiger partial charge >= 0.3 is 0 Å². The molecule has 2 aliphatic heterocycles. The van der Waals surface area contributed by atoms with Crippen LogP contribution >= 0.6 is 0 Å². The zero-order chi connectivity index (χ0) is 28.1. The Labute approximate surface area is 243 Å². The molecule has 2 unspecified atom stereocenters. The second-order valence-electron chi connectivity index (χ2n) is 12.4. The molecule has 1 saturated carbocycles. The maximum atomic E-state index is 7.08. The second-order valence-corrected chi connectivity index (χ2v) is 21.9. The van der Waals surface area contributed by atoms with E-state index in [4.69, 9.17) is 23.1 Å². The summed E-state index contributed by atoms with van der Waals surface area (Å²) in [6.45, 7) is 16.3. The van der Waals surface area contributed by atoms with E-state index in [1.807, 2.05) is 0 Å². The van der Waals surface area contributed by atoms with Gasteiger partial charge in [-0.15, -0.1) is 0 Å². The van der Waals surface area contributed by atoms with Crippen LogP contribution in [0.3, 0.4) is 0 Å². The molecule has 0 N–H and O–H groups in total. The van der Waals surface area contributed by atoms with Gasteiger partial charge in [0.2, 0.25) is 0 Å². The first-order valence-electron chi connectivity index (χ1n) is 16.9. The first-order valence-corrected chi connectivity index (χ1v) is 21.9. The highest BCUT2D eigenvalue weighted by Gasteiger charge is 2.42. The molecule has 0 aromatic rings. The van der Waals surface area contributed by atoms with Gasteiger partial charge in [0.15, 0.2) is 22.9 Å². The van der Waals surface area contributed by atoms with Gasteiger partial charge in [0.05, 0.1) is 24.9 Å². The standard InChI is InChI=1S/C32H62O5Si2/c1-7-38(8-2,9-3)35-25-23-28-30(34-26-31(28)37-39(10-4,11-5)12-6)22-21-29(27-18-14-13-15-19-27)36-32-20-16-17-24-33-32/h21-22,27-32H,7-20,23-26H2,1-6H3/b22-21+/t28-,29?,30-,31+,32?/m1/s1. The van der Waals surface area contributed by atoms with Crippen molar-refractivity contribution in [2.45, 2.75) is 160 Å². The Balaban J connectivity index is 1.75. The van der Waals surface area contributed by atoms with Crippen LogP contribution in [-0.4, -0.2) is 61.1 Å². The summed E-state index contributed by atoms with van der Waals surface area (Å²) in [5, 5.41) is 0. The third kappa shape index (κ3) is 9.49. The van der Waals surface area contributed by atoms with Crippen LogP contribution in [0.4, 0.5) is 0 Å². The fraction of sp³-hybridized carbons (Fsp3) is 0.938. The molecule has 0 aromatic carbocycles. The lowest BCUT2D eigenvalue weighted by molar-refractivity contribution is -0.189. The van der Waals surface area contributed by atoms with Crippen LogP contribution in [0, 0.1) is 11.8 Å². The van der Waals surface area contributed by atoms with Gasteiger partial charge in [0.25, 0.3) is 0 Å². The van der Waals surface area contributed by atoms with E-state index in [-0.39, 0.29) is 24.6 Å². The lowest BCUT2D eigenvalue weighted by Crippen LogP contribution is -2.43. The molecular formula is C32H62O5Si2. The van der Waals surface area contributed by atoms with Gasteiger partial charge in [-0.2, -0.15) is 0 Å². The van der Waals surface area contributed by atoms with E-state index in [1.54, 1.807) is 0 Å². The Morgan fingerprint density at radius 3 is 2.00 bits per heavy atom. The van der Waals surface area contributed by atoms with Gasteiger partial charge in [0, 0.05) is 19.1 Å². The molecule has 3 aliphatic rings. The van der Waals surface area contributed by atoms with Crippen molar-refractivity contribution in [1.82, 2.24) is 0 Å². The lowest BCUT2D eigenvalue weighted by atomic mass is 9.84. The van der Waals surface area contributed by atoms with E-state index in [2.05, 4.69) is 53.7 Å². The molecule has 5 atom stereocenters. The van der Waals surface area contributed by atoms with Crippen LogP contribution in [0.25, 0.3) is 0 Å². The third-order valence-corrected chi connectivity index (χ3v) is 19.9. The topological polar surface area (TPSA) is 46.2 Å². The molecule has 3 fully saturated rings. The summed E-state index contributed by atoms with van der Waals surface area (Å²) in [5.41, 5.74) is 0. The summed E-state index contributed by atoms with van der Waals surface area (Å²) in [5.74, 6) is 0.925. The first-order chi connectivity index (χ1) is 19.0. The minimum Gasteiger partial charge on any atom is -0.417 e. The molecule has 2 heterocycles. The van der Waals surface area contributed by atoms with Crippen LogP contribution in [0.1, 0.15) is 99.3 Å². The Morgan fingerprint density at radius 2 is 1.41 bits per heavy atom. The molecular weight excluding hydrogens is 521 g/mol. The first kappa shape index (κ1) is 33.5. The Morgan fingerprint density at radius 1 is 0.769 bits per heavy atom. The predicted molar refractivity (Wildman–Crippen MR) is 167 cm³/mol. The van der Waals surface area contributed by atoms with Crippen molar-refractivity contribution < 1.29 is 23.1 Å². The summed E-state index contributed by atoms with van der Waals surface area (Å²) >= 11 is 0. The van der Waals surface area contributed by atoms with E-state index in [9.17, 15) is 0 Å². The fourth-order valence-electron chi connectivity index (χ4n) is 7.11. The Hall–Kier alpha value is -0.0262. The minimum absolute atomic E-state index is 0.0550. The molecule has 0 radical (unpaired) electrons. The smallest absolute Gasteiger partial charge is 0.192 e. The van der Waals surface area contributed by atoms with Crippen molar-refractivity contribution in [3.63, 3.8) is 0 Å². The molecule has 3 rings (SSSR count). The van der Waals surface area contributed by atoms with Gasteiger partial charge in [-0.3, -0.25) is 0 Å². The van der Waals surface area contributed by atoms with E-state index in [1.165, 1.54) is 74.8 Å². The lowest BCUT2D eigenvalue weighted by Gasteiger charge is -2.35. The average molecular weight is 583 g/mol. The van der Waals surface area contributed by atoms with Crippen molar-refractivity contribution in [3.8, 4) is 0 Å². The SMILES string of the molecule is CC[Si](CC)(CC)OCC[C@H]1[C@@H](O[Si](CC)(CC)CC)CO[C@@H]1/C=C/C(OC1CCCCO1)C1CCCCC1. The second kappa shape index (κ2) is 17.2. The van der Waals surface area contributed by atoms with Crippen LogP contribution in [0.15, 0.2) is 12.2 Å². The van der Waals surface area contributed by atoms with Crippen molar-refractivity contribution in [2.24, 2.45) is 11.8 Å². The number of rotatable bonds is 17. The van der Waals surface area contributed by atoms with E-state index < -0.39 is 16.6 Å². The Kier molecular flexibility index (Phi) is 14.7. The maximum Gasteiger partial charge on any atom is 0.192 e. The summed E-state index contributed by atoms with van der Waals surface area (Å²) in [7, 11) is -3.34.